The quantitative estimate of drug-likeness (QED) is 0.0169. The van der Waals surface area contributed by atoms with Gasteiger partial charge in [0.1, 0.15) is 19.3 Å². The average Bonchev–Trinajstić information content (AvgIpc) is 0.898. The molecule has 112 heavy (non-hydrogen) atoms. The number of aliphatic hydroxyl groups excluding tert-OH is 1. The molecular weight excluding hydrogens is 1450 g/mol. The molecule has 17 nitrogen and oxygen atoms in total. The Balaban J connectivity index is 5.49. The van der Waals surface area contributed by atoms with E-state index in [1.807, 2.05) is 18.2 Å². The highest BCUT2D eigenvalue weighted by atomic mass is 31.2. The molecule has 0 amide bonds. The lowest BCUT2D eigenvalue weighted by Crippen LogP contribution is -2.30. The van der Waals surface area contributed by atoms with E-state index in [0.29, 0.717) is 32.1 Å². The second-order valence-corrected chi connectivity index (χ2v) is 30.9. The first-order valence-corrected chi connectivity index (χ1v) is 46.0. The second kappa shape index (κ2) is 83.1. The minimum Gasteiger partial charge on any atom is -0.462 e. The first kappa shape index (κ1) is 106. The fraction of sp³-hybridized carbons (Fsp3) is 0.634. The Bertz CT molecular complexity index is 2840. The summed E-state index contributed by atoms with van der Waals surface area (Å²) in [5.41, 5.74) is 0. The van der Waals surface area contributed by atoms with Crippen molar-refractivity contribution in [1.29, 1.82) is 0 Å². The maximum atomic E-state index is 13.2. The number of unbranched alkanes of at least 4 members (excludes halogenated alkanes) is 23. The Morgan fingerprint density at radius 3 is 0.777 bits per heavy atom. The second-order valence-electron chi connectivity index (χ2n) is 28.0. The number of esters is 4. The molecule has 0 heterocycles. The molecule has 0 saturated heterocycles. The van der Waals surface area contributed by atoms with Crippen molar-refractivity contribution in [2.45, 2.75) is 341 Å². The molecule has 5 atom stereocenters. The van der Waals surface area contributed by atoms with E-state index < -0.39 is 97.5 Å². The Hall–Kier alpha value is -5.84. The van der Waals surface area contributed by atoms with Crippen molar-refractivity contribution in [1.82, 2.24) is 0 Å². The molecule has 0 aliphatic carbocycles. The summed E-state index contributed by atoms with van der Waals surface area (Å²) in [7, 11) is -10.0. The Morgan fingerprint density at radius 2 is 0.482 bits per heavy atom. The number of hydrogen-bond acceptors (Lipinski definition) is 15. The standard InChI is InChI=1S/C93H152O17P2/c1-5-9-13-17-21-25-29-33-37-40-43-46-50-53-57-61-65-69-73-77-90(95)103-83-88(109-92(97)79-75-71-67-63-59-55-49-36-32-28-24-20-16-12-8-4)85-107-111(99,100)105-81-87(94)82-106-112(101,102)108-86-89(110-93(98)80-76-72-68-64-60-56-52-48-45-42-39-35-31-27-23-19-15-11-7-3)84-104-91(96)78-74-70-66-62-58-54-51-47-44-41-38-34-30-26-22-18-14-10-6-2/h9-11,13-15,21-23,25-27,33-39,43-49,53,57,65,69,87-89,94H,5-8,12,16-20,24,28-32,40-42,50-52,54-56,58-64,66-68,70-86H2,1-4H3,(H,99,100)(H,101,102)/b13-9-,14-10-,15-11-,25-21-,26-22-,27-23-,37-33-,38-34-,39-35-,46-43-,47-44-,48-45-,49-36-,57-53-,69-65-. The van der Waals surface area contributed by atoms with Gasteiger partial charge in [0.25, 0.3) is 0 Å². The van der Waals surface area contributed by atoms with Gasteiger partial charge in [-0.25, -0.2) is 9.13 Å². The summed E-state index contributed by atoms with van der Waals surface area (Å²) in [5.74, 6) is -2.32. The van der Waals surface area contributed by atoms with Crippen LogP contribution in [0, 0.1) is 0 Å². The molecule has 0 aliphatic rings. The van der Waals surface area contributed by atoms with E-state index in [4.69, 9.17) is 37.0 Å². The minimum absolute atomic E-state index is 0.0292. The zero-order valence-electron chi connectivity index (χ0n) is 69.8. The van der Waals surface area contributed by atoms with E-state index in [2.05, 4.69) is 192 Å². The van der Waals surface area contributed by atoms with Gasteiger partial charge in [-0.15, -0.1) is 0 Å². The zero-order chi connectivity index (χ0) is 81.7. The van der Waals surface area contributed by atoms with Crippen LogP contribution in [0.5, 0.6) is 0 Å². The van der Waals surface area contributed by atoms with Crippen LogP contribution in [0.15, 0.2) is 182 Å². The van der Waals surface area contributed by atoms with Crippen molar-refractivity contribution < 1.29 is 80.2 Å². The van der Waals surface area contributed by atoms with Crippen LogP contribution in [-0.4, -0.2) is 96.7 Å². The molecule has 0 aliphatic heterocycles. The van der Waals surface area contributed by atoms with Crippen molar-refractivity contribution in [3.8, 4) is 0 Å². The van der Waals surface area contributed by atoms with E-state index in [1.54, 1.807) is 0 Å². The van der Waals surface area contributed by atoms with Gasteiger partial charge < -0.3 is 33.8 Å². The molecule has 636 valence electrons. The number of rotatable bonds is 79. The fourth-order valence-corrected chi connectivity index (χ4v) is 12.5. The van der Waals surface area contributed by atoms with Gasteiger partial charge in [-0.2, -0.15) is 0 Å². The lowest BCUT2D eigenvalue weighted by Gasteiger charge is -2.21. The van der Waals surface area contributed by atoms with Gasteiger partial charge in [0.05, 0.1) is 26.4 Å². The van der Waals surface area contributed by atoms with Gasteiger partial charge in [-0.1, -0.05) is 313 Å². The first-order valence-electron chi connectivity index (χ1n) is 43.0. The van der Waals surface area contributed by atoms with Crippen LogP contribution in [0.25, 0.3) is 0 Å². The van der Waals surface area contributed by atoms with Crippen molar-refractivity contribution in [2.75, 3.05) is 39.6 Å². The maximum absolute atomic E-state index is 13.2. The number of phosphoric acid groups is 2. The number of hydrogen-bond donors (Lipinski definition) is 3. The summed E-state index contributed by atoms with van der Waals surface area (Å²) in [5, 5.41) is 10.7. The van der Waals surface area contributed by atoms with Crippen molar-refractivity contribution in [3.05, 3.63) is 182 Å². The average molecular weight is 1600 g/mol. The molecule has 0 radical (unpaired) electrons. The summed E-state index contributed by atoms with van der Waals surface area (Å²) in [6.07, 6.45) is 101. The van der Waals surface area contributed by atoms with Gasteiger partial charge in [0.15, 0.2) is 12.2 Å². The molecule has 0 spiro atoms. The van der Waals surface area contributed by atoms with Gasteiger partial charge in [0.2, 0.25) is 0 Å². The van der Waals surface area contributed by atoms with Crippen LogP contribution < -0.4 is 0 Å². The number of allylic oxidation sites excluding steroid dienone is 30. The normalized spacial score (nSPS) is 14.7. The fourth-order valence-electron chi connectivity index (χ4n) is 10.9. The summed E-state index contributed by atoms with van der Waals surface area (Å²) in [6, 6.07) is 0. The highest BCUT2D eigenvalue weighted by Gasteiger charge is 2.30. The largest absolute Gasteiger partial charge is 0.472 e. The lowest BCUT2D eigenvalue weighted by molar-refractivity contribution is -0.161. The monoisotopic (exact) mass is 1600 g/mol. The van der Waals surface area contributed by atoms with E-state index in [-0.39, 0.29) is 25.7 Å². The third-order valence-electron chi connectivity index (χ3n) is 17.4. The molecule has 0 rings (SSSR count). The number of phosphoric ester groups is 2. The number of ether oxygens (including phenoxy) is 4. The zero-order valence-corrected chi connectivity index (χ0v) is 71.6. The summed E-state index contributed by atoms with van der Waals surface area (Å²) < 4.78 is 68.8. The Kier molecular flexibility index (Phi) is 78.8. The van der Waals surface area contributed by atoms with Gasteiger partial charge >= 0.3 is 39.5 Å². The third kappa shape index (κ3) is 82.2. The summed E-state index contributed by atoms with van der Waals surface area (Å²) >= 11 is 0. The minimum atomic E-state index is -5.01. The third-order valence-corrected chi connectivity index (χ3v) is 19.3. The SMILES string of the molecule is CC/C=C\C/C=C\C/C=C\C/C=C\C/C=C\C/C=C\CCC(=O)OCC(COP(=O)(O)OCC(O)COP(=O)(O)OCC(COC(=O)CCCCCCCC/C=C\C/C=C\C/C=C\C/C=C\CC)OC(=O)CCCCCCCC/C=C\C/C=C\C/C=C\C/C=C\CC)OC(=O)CCCCCCC/C=C\CCCCCCCC. The molecule has 0 bridgehead atoms. The van der Waals surface area contributed by atoms with Crippen molar-refractivity contribution >= 4 is 39.5 Å². The smallest absolute Gasteiger partial charge is 0.462 e. The predicted octanol–water partition coefficient (Wildman–Crippen LogP) is 25.9. The van der Waals surface area contributed by atoms with Crippen LogP contribution >= 0.6 is 15.6 Å². The predicted molar refractivity (Wildman–Crippen MR) is 463 cm³/mol. The van der Waals surface area contributed by atoms with Crippen LogP contribution in [-0.2, 0) is 65.4 Å². The highest BCUT2D eigenvalue weighted by molar-refractivity contribution is 7.47. The molecular formula is C93H152O17P2. The molecule has 0 saturated carbocycles. The van der Waals surface area contributed by atoms with Crippen molar-refractivity contribution in [2.24, 2.45) is 0 Å². The maximum Gasteiger partial charge on any atom is 0.472 e. The first-order chi connectivity index (χ1) is 54.7. The number of carbonyl (C=O) groups excluding carboxylic acids is 4. The van der Waals surface area contributed by atoms with Crippen LogP contribution in [0.4, 0.5) is 0 Å². The van der Waals surface area contributed by atoms with Gasteiger partial charge in [-0.3, -0.25) is 37.3 Å². The van der Waals surface area contributed by atoms with E-state index in [1.165, 1.54) is 38.5 Å². The van der Waals surface area contributed by atoms with Crippen molar-refractivity contribution in [3.63, 3.8) is 0 Å². The van der Waals surface area contributed by atoms with Crippen LogP contribution in [0.1, 0.15) is 323 Å². The summed E-state index contributed by atoms with van der Waals surface area (Å²) in [6.45, 7) is 4.42. The lowest BCUT2D eigenvalue weighted by atomic mass is 10.1. The molecule has 0 aromatic heterocycles. The molecule has 0 fully saturated rings. The van der Waals surface area contributed by atoms with Gasteiger partial charge in [-0.05, 0) is 167 Å². The van der Waals surface area contributed by atoms with E-state index >= 15 is 0 Å². The molecule has 5 unspecified atom stereocenters. The van der Waals surface area contributed by atoms with Crippen LogP contribution in [0.3, 0.4) is 0 Å². The Labute approximate surface area is 679 Å². The number of aliphatic hydroxyl groups is 1. The van der Waals surface area contributed by atoms with E-state index in [0.717, 1.165) is 199 Å². The molecule has 3 N–H and O–H groups in total. The van der Waals surface area contributed by atoms with Gasteiger partial charge in [0, 0.05) is 25.7 Å². The molecule has 19 heteroatoms. The number of carbonyl (C=O) groups is 4. The summed E-state index contributed by atoms with van der Waals surface area (Å²) in [4.78, 5) is 73.3. The molecule has 0 aromatic rings. The molecule has 0 aromatic carbocycles. The van der Waals surface area contributed by atoms with E-state index in [9.17, 15) is 43.2 Å². The Morgan fingerprint density at radius 1 is 0.259 bits per heavy atom. The van der Waals surface area contributed by atoms with Crippen LogP contribution in [0.2, 0.25) is 0 Å². The topological polar surface area (TPSA) is 237 Å². The highest BCUT2D eigenvalue weighted by Crippen LogP contribution is 2.45.